The average molecular weight is 276 g/mol. The Morgan fingerprint density at radius 3 is 3.05 bits per heavy atom. The monoisotopic (exact) mass is 276 g/mol. The Morgan fingerprint density at radius 2 is 2.32 bits per heavy atom. The van der Waals surface area contributed by atoms with Gasteiger partial charge in [0.25, 0.3) is 0 Å². The Hall–Kier alpha value is -1.88. The Morgan fingerprint density at radius 1 is 1.42 bits per heavy atom. The largest absolute Gasteiger partial charge is 0.478 e. The topological polar surface area (TPSA) is 51.2 Å². The summed E-state index contributed by atoms with van der Waals surface area (Å²) in [7, 11) is 0. The lowest BCUT2D eigenvalue weighted by molar-refractivity contribution is -0.120. The molecule has 1 N–H and O–H groups in total. The van der Waals surface area contributed by atoms with Gasteiger partial charge in [-0.3, -0.25) is 4.79 Å². The fourth-order valence-electron chi connectivity index (χ4n) is 1.65. The third-order valence-electron chi connectivity index (χ3n) is 2.52. The number of rotatable bonds is 6. The minimum absolute atomic E-state index is 0.00810. The Bertz CT molecular complexity index is 526. The second-order valence-corrected chi connectivity index (χ2v) is 4.97. The number of nitrogens with zero attached hydrogens (tertiary/aromatic N) is 1. The molecule has 2 heterocycles. The SMILES string of the molecule is CCOc1ncccc1CNC(=O)Cc1cccs1. The maximum Gasteiger partial charge on any atom is 0.225 e. The lowest BCUT2D eigenvalue weighted by Crippen LogP contribution is -2.24. The lowest BCUT2D eigenvalue weighted by Gasteiger charge is -2.09. The second-order valence-electron chi connectivity index (χ2n) is 3.93. The number of pyridine rings is 1. The summed E-state index contributed by atoms with van der Waals surface area (Å²) in [5, 5.41) is 4.85. The summed E-state index contributed by atoms with van der Waals surface area (Å²) in [6, 6.07) is 7.65. The van der Waals surface area contributed by atoms with Crippen LogP contribution in [-0.2, 0) is 17.8 Å². The fourth-order valence-corrected chi connectivity index (χ4v) is 2.36. The molecule has 2 aromatic heterocycles. The van der Waals surface area contributed by atoms with E-state index in [4.69, 9.17) is 4.74 Å². The number of aromatic nitrogens is 1. The minimum Gasteiger partial charge on any atom is -0.478 e. The zero-order valence-electron chi connectivity index (χ0n) is 10.8. The van der Waals surface area contributed by atoms with E-state index in [1.165, 1.54) is 0 Å². The molecular formula is C14H16N2O2S. The normalized spacial score (nSPS) is 10.2. The number of thiophene rings is 1. The molecule has 0 bridgehead atoms. The van der Waals surface area contributed by atoms with Crippen molar-refractivity contribution in [2.45, 2.75) is 19.9 Å². The van der Waals surface area contributed by atoms with Gasteiger partial charge in [-0.25, -0.2) is 4.98 Å². The van der Waals surface area contributed by atoms with E-state index in [1.54, 1.807) is 17.5 Å². The van der Waals surface area contributed by atoms with Crippen molar-refractivity contribution in [3.8, 4) is 5.88 Å². The fraction of sp³-hybridized carbons (Fsp3) is 0.286. The number of nitrogens with one attached hydrogen (secondary N) is 1. The summed E-state index contributed by atoms with van der Waals surface area (Å²) in [4.78, 5) is 17.0. The van der Waals surface area contributed by atoms with Gasteiger partial charge in [0, 0.05) is 23.2 Å². The third kappa shape index (κ3) is 4.06. The van der Waals surface area contributed by atoms with Gasteiger partial charge in [-0.2, -0.15) is 0 Å². The molecule has 0 spiro atoms. The van der Waals surface area contributed by atoms with Gasteiger partial charge in [-0.1, -0.05) is 12.1 Å². The van der Waals surface area contributed by atoms with Gasteiger partial charge in [0.2, 0.25) is 11.8 Å². The van der Waals surface area contributed by atoms with Crippen LogP contribution in [0.25, 0.3) is 0 Å². The first-order chi connectivity index (χ1) is 9.29. The van der Waals surface area contributed by atoms with Crippen molar-refractivity contribution in [1.82, 2.24) is 10.3 Å². The highest BCUT2D eigenvalue weighted by atomic mass is 32.1. The second kappa shape index (κ2) is 6.89. The van der Waals surface area contributed by atoms with Crippen LogP contribution >= 0.6 is 11.3 Å². The van der Waals surface area contributed by atoms with Gasteiger partial charge in [0.1, 0.15) is 0 Å². The van der Waals surface area contributed by atoms with Gasteiger partial charge in [0.15, 0.2) is 0 Å². The Balaban J connectivity index is 1.89. The molecule has 0 saturated carbocycles. The summed E-state index contributed by atoms with van der Waals surface area (Å²) in [5.41, 5.74) is 0.892. The summed E-state index contributed by atoms with van der Waals surface area (Å²) >= 11 is 1.59. The molecule has 100 valence electrons. The van der Waals surface area contributed by atoms with Crippen molar-refractivity contribution >= 4 is 17.2 Å². The highest BCUT2D eigenvalue weighted by molar-refractivity contribution is 7.10. The zero-order valence-corrected chi connectivity index (χ0v) is 11.6. The maximum absolute atomic E-state index is 11.8. The molecule has 2 aromatic rings. The lowest BCUT2D eigenvalue weighted by atomic mass is 10.2. The molecule has 0 aromatic carbocycles. The van der Waals surface area contributed by atoms with Gasteiger partial charge < -0.3 is 10.1 Å². The minimum atomic E-state index is 0.00810. The van der Waals surface area contributed by atoms with Crippen LogP contribution in [0.5, 0.6) is 5.88 Å². The van der Waals surface area contributed by atoms with Crippen LogP contribution in [0, 0.1) is 0 Å². The number of hydrogen-bond donors (Lipinski definition) is 1. The van der Waals surface area contributed by atoms with E-state index in [0.29, 0.717) is 25.5 Å². The molecule has 0 aliphatic carbocycles. The van der Waals surface area contributed by atoms with Crippen LogP contribution in [0.15, 0.2) is 35.8 Å². The highest BCUT2D eigenvalue weighted by Crippen LogP contribution is 2.14. The summed E-state index contributed by atoms with van der Waals surface area (Å²) in [6.07, 6.45) is 2.10. The van der Waals surface area contributed by atoms with Gasteiger partial charge in [0.05, 0.1) is 13.0 Å². The van der Waals surface area contributed by atoms with Crippen molar-refractivity contribution in [3.63, 3.8) is 0 Å². The van der Waals surface area contributed by atoms with Gasteiger partial charge >= 0.3 is 0 Å². The number of amides is 1. The van der Waals surface area contributed by atoms with Crippen molar-refractivity contribution in [2.24, 2.45) is 0 Å². The van der Waals surface area contributed by atoms with E-state index in [0.717, 1.165) is 10.4 Å². The molecule has 0 aliphatic heterocycles. The first-order valence-corrected chi connectivity index (χ1v) is 7.03. The first kappa shape index (κ1) is 13.5. The van der Waals surface area contributed by atoms with Crippen molar-refractivity contribution in [3.05, 3.63) is 46.3 Å². The van der Waals surface area contributed by atoms with Crippen LogP contribution < -0.4 is 10.1 Å². The molecular weight excluding hydrogens is 260 g/mol. The van der Waals surface area contributed by atoms with E-state index in [2.05, 4.69) is 10.3 Å². The van der Waals surface area contributed by atoms with Gasteiger partial charge in [-0.05, 0) is 24.4 Å². The van der Waals surface area contributed by atoms with Gasteiger partial charge in [-0.15, -0.1) is 11.3 Å². The first-order valence-electron chi connectivity index (χ1n) is 6.15. The third-order valence-corrected chi connectivity index (χ3v) is 3.40. The van der Waals surface area contributed by atoms with E-state index in [-0.39, 0.29) is 5.91 Å². The molecule has 5 heteroatoms. The summed E-state index contributed by atoms with van der Waals surface area (Å²) < 4.78 is 5.41. The van der Waals surface area contributed by atoms with Crippen molar-refractivity contribution in [2.75, 3.05) is 6.61 Å². The summed E-state index contributed by atoms with van der Waals surface area (Å²) in [5.74, 6) is 0.593. The molecule has 0 radical (unpaired) electrons. The van der Waals surface area contributed by atoms with E-state index < -0.39 is 0 Å². The molecule has 0 atom stereocenters. The maximum atomic E-state index is 11.8. The van der Waals surface area contributed by atoms with E-state index in [9.17, 15) is 4.79 Å². The predicted octanol–water partition coefficient (Wildman–Crippen LogP) is 2.40. The number of ether oxygens (including phenoxy) is 1. The number of carbonyl (C=O) groups excluding carboxylic acids is 1. The standard InChI is InChI=1S/C14H16N2O2S/c1-2-18-14-11(5-3-7-15-14)10-16-13(17)9-12-6-4-8-19-12/h3-8H,2,9-10H2,1H3,(H,16,17). The molecule has 2 rings (SSSR count). The molecule has 0 fully saturated rings. The van der Waals surface area contributed by atoms with E-state index >= 15 is 0 Å². The van der Waals surface area contributed by atoms with Crippen molar-refractivity contribution < 1.29 is 9.53 Å². The molecule has 0 unspecified atom stereocenters. The number of hydrogen-bond acceptors (Lipinski definition) is 4. The Kier molecular flexibility index (Phi) is 4.92. The Labute approximate surface area is 116 Å². The molecule has 0 saturated heterocycles. The molecule has 0 aliphatic rings. The van der Waals surface area contributed by atoms with Crippen LogP contribution in [0.2, 0.25) is 0 Å². The van der Waals surface area contributed by atoms with Crippen LogP contribution in [0.3, 0.4) is 0 Å². The average Bonchev–Trinajstić information content (AvgIpc) is 2.91. The van der Waals surface area contributed by atoms with Crippen LogP contribution in [0.4, 0.5) is 0 Å². The quantitative estimate of drug-likeness (QED) is 0.881. The van der Waals surface area contributed by atoms with Crippen LogP contribution in [-0.4, -0.2) is 17.5 Å². The predicted molar refractivity (Wildman–Crippen MR) is 75.3 cm³/mol. The molecule has 19 heavy (non-hydrogen) atoms. The summed E-state index contributed by atoms with van der Waals surface area (Å²) in [6.45, 7) is 2.91. The van der Waals surface area contributed by atoms with Crippen LogP contribution in [0.1, 0.15) is 17.4 Å². The number of carbonyl (C=O) groups is 1. The molecule has 1 amide bonds. The highest BCUT2D eigenvalue weighted by Gasteiger charge is 2.07. The molecule has 4 nitrogen and oxygen atoms in total. The zero-order chi connectivity index (χ0) is 13.5. The smallest absolute Gasteiger partial charge is 0.225 e. The van der Waals surface area contributed by atoms with Crippen molar-refractivity contribution in [1.29, 1.82) is 0 Å². The van der Waals surface area contributed by atoms with E-state index in [1.807, 2.05) is 36.6 Å².